The molecule has 0 saturated carbocycles. The molecule has 0 aliphatic heterocycles. The largest absolute Gasteiger partial charge is 0.434 e. The van der Waals surface area contributed by atoms with E-state index in [2.05, 4.69) is 25.6 Å². The van der Waals surface area contributed by atoms with Crippen molar-refractivity contribution < 1.29 is 13.2 Å². The van der Waals surface area contributed by atoms with E-state index in [0.717, 1.165) is 33.0 Å². The van der Waals surface area contributed by atoms with Crippen LogP contribution in [0.25, 0.3) is 10.6 Å². The molecule has 3 aromatic rings. The van der Waals surface area contributed by atoms with Crippen molar-refractivity contribution in [3.05, 3.63) is 57.5 Å². The van der Waals surface area contributed by atoms with Gasteiger partial charge in [-0.05, 0) is 6.92 Å². The second-order valence-electron chi connectivity index (χ2n) is 6.01. The minimum Gasteiger partial charge on any atom is -0.357 e. The van der Waals surface area contributed by atoms with E-state index in [4.69, 9.17) is 0 Å². The summed E-state index contributed by atoms with van der Waals surface area (Å²) >= 11 is 2.58. The molecular formula is C19H20F3N5S2. The van der Waals surface area contributed by atoms with Crippen LogP contribution in [0.2, 0.25) is 0 Å². The number of guanidine groups is 1. The molecule has 0 aliphatic carbocycles. The average Bonchev–Trinajstić information content (AvgIpc) is 3.36. The Kier molecular flexibility index (Phi) is 7.21. The minimum atomic E-state index is -4.40. The smallest absolute Gasteiger partial charge is 0.357 e. The van der Waals surface area contributed by atoms with Crippen LogP contribution in [0.5, 0.6) is 0 Å². The zero-order valence-electron chi connectivity index (χ0n) is 15.7. The number of rotatable bonds is 7. The van der Waals surface area contributed by atoms with Gasteiger partial charge in [-0.1, -0.05) is 30.3 Å². The van der Waals surface area contributed by atoms with Crippen molar-refractivity contribution in [3.63, 3.8) is 0 Å². The third-order valence-corrected chi connectivity index (χ3v) is 5.64. The summed E-state index contributed by atoms with van der Waals surface area (Å²) in [6.45, 7) is 3.47. The lowest BCUT2D eigenvalue weighted by atomic mass is 10.2. The molecule has 29 heavy (non-hydrogen) atoms. The number of nitrogens with zero attached hydrogens (tertiary/aromatic N) is 3. The average molecular weight is 440 g/mol. The topological polar surface area (TPSA) is 62.2 Å². The first-order chi connectivity index (χ1) is 14.0. The van der Waals surface area contributed by atoms with Crippen LogP contribution in [0.1, 0.15) is 23.3 Å². The quantitative estimate of drug-likeness (QED) is 0.418. The maximum absolute atomic E-state index is 12.6. The standard InChI is InChI=1S/C19H20F3N5S2/c1-2-23-18(24-9-8-16-27-15(12-28-16)19(20,21)22)25-10-14-11-29-17(26-14)13-6-4-3-5-7-13/h3-7,11-12H,2,8-10H2,1H3,(H2,23,24,25). The molecule has 2 heterocycles. The predicted molar refractivity (Wildman–Crippen MR) is 111 cm³/mol. The number of thiazole rings is 2. The SMILES string of the molecule is CCNC(=NCc1csc(-c2ccccc2)n1)NCCc1nc(C(F)(F)F)cs1. The molecule has 3 rings (SSSR count). The molecule has 0 atom stereocenters. The monoisotopic (exact) mass is 439 g/mol. The van der Waals surface area contributed by atoms with Gasteiger partial charge in [-0.15, -0.1) is 22.7 Å². The van der Waals surface area contributed by atoms with Gasteiger partial charge in [0.2, 0.25) is 0 Å². The summed E-state index contributed by atoms with van der Waals surface area (Å²) < 4.78 is 37.9. The van der Waals surface area contributed by atoms with Gasteiger partial charge in [0.05, 0.1) is 17.2 Å². The fraction of sp³-hybridized carbons (Fsp3) is 0.316. The molecule has 0 saturated heterocycles. The molecule has 0 fully saturated rings. The Morgan fingerprint density at radius 3 is 2.55 bits per heavy atom. The van der Waals surface area contributed by atoms with Crippen LogP contribution >= 0.6 is 22.7 Å². The van der Waals surface area contributed by atoms with E-state index in [0.29, 0.717) is 37.0 Å². The molecule has 154 valence electrons. The van der Waals surface area contributed by atoms with Crippen LogP contribution < -0.4 is 10.6 Å². The first-order valence-corrected chi connectivity index (χ1v) is 10.7. The Labute approximate surface area is 174 Å². The third kappa shape index (κ3) is 6.26. The van der Waals surface area contributed by atoms with Gasteiger partial charge < -0.3 is 10.6 Å². The van der Waals surface area contributed by atoms with E-state index >= 15 is 0 Å². The van der Waals surface area contributed by atoms with Crippen LogP contribution in [-0.4, -0.2) is 29.0 Å². The lowest BCUT2D eigenvalue weighted by molar-refractivity contribution is -0.140. The molecule has 0 radical (unpaired) electrons. The summed E-state index contributed by atoms with van der Waals surface area (Å²) in [5.74, 6) is 0.592. The molecule has 0 amide bonds. The number of hydrogen-bond acceptors (Lipinski definition) is 5. The molecule has 2 aromatic heterocycles. The van der Waals surface area contributed by atoms with Gasteiger partial charge in [-0.25, -0.2) is 15.0 Å². The van der Waals surface area contributed by atoms with Gasteiger partial charge in [0, 0.05) is 35.8 Å². The predicted octanol–water partition coefficient (Wildman–Crippen LogP) is 4.58. The molecule has 0 spiro atoms. The van der Waals surface area contributed by atoms with Gasteiger partial charge in [-0.3, -0.25) is 0 Å². The molecule has 0 aliphatic rings. The zero-order chi connectivity index (χ0) is 20.7. The first-order valence-electron chi connectivity index (χ1n) is 8.99. The van der Waals surface area contributed by atoms with Crippen LogP contribution in [-0.2, 0) is 19.1 Å². The maximum atomic E-state index is 12.6. The number of alkyl halides is 3. The molecule has 2 N–H and O–H groups in total. The van der Waals surface area contributed by atoms with Crippen molar-refractivity contribution in [2.75, 3.05) is 13.1 Å². The van der Waals surface area contributed by atoms with Crippen molar-refractivity contribution in [1.82, 2.24) is 20.6 Å². The van der Waals surface area contributed by atoms with Gasteiger partial charge in [-0.2, -0.15) is 13.2 Å². The van der Waals surface area contributed by atoms with Gasteiger partial charge in [0.15, 0.2) is 11.7 Å². The van der Waals surface area contributed by atoms with Crippen LogP contribution in [0, 0.1) is 0 Å². The maximum Gasteiger partial charge on any atom is 0.434 e. The van der Waals surface area contributed by atoms with Crippen molar-refractivity contribution in [2.45, 2.75) is 26.1 Å². The lowest BCUT2D eigenvalue weighted by Crippen LogP contribution is -2.38. The number of benzene rings is 1. The highest BCUT2D eigenvalue weighted by Crippen LogP contribution is 2.30. The second kappa shape index (κ2) is 9.84. The zero-order valence-corrected chi connectivity index (χ0v) is 17.3. The summed E-state index contributed by atoms with van der Waals surface area (Å²) in [4.78, 5) is 12.7. The molecule has 1 aromatic carbocycles. The molecule has 0 unspecified atom stereocenters. The Morgan fingerprint density at radius 1 is 1.07 bits per heavy atom. The van der Waals surface area contributed by atoms with Gasteiger partial charge >= 0.3 is 6.18 Å². The van der Waals surface area contributed by atoms with E-state index in [-0.39, 0.29) is 0 Å². The van der Waals surface area contributed by atoms with E-state index in [1.165, 1.54) is 0 Å². The molecule has 0 bridgehead atoms. The molecule has 5 nitrogen and oxygen atoms in total. The number of nitrogens with one attached hydrogen (secondary N) is 2. The third-order valence-electron chi connectivity index (χ3n) is 3.79. The lowest BCUT2D eigenvalue weighted by Gasteiger charge is -2.10. The number of halogens is 3. The highest BCUT2D eigenvalue weighted by Gasteiger charge is 2.33. The fourth-order valence-electron chi connectivity index (χ4n) is 2.44. The number of aliphatic imine (C=N–C) groups is 1. The Bertz CT molecular complexity index is 935. The van der Waals surface area contributed by atoms with Crippen molar-refractivity contribution in [3.8, 4) is 10.6 Å². The summed E-state index contributed by atoms with van der Waals surface area (Å²) in [7, 11) is 0. The Balaban J connectivity index is 1.55. The van der Waals surface area contributed by atoms with Crippen LogP contribution in [0.3, 0.4) is 0 Å². The Hall–Kier alpha value is -2.46. The Morgan fingerprint density at radius 2 is 1.86 bits per heavy atom. The minimum absolute atomic E-state index is 0.389. The summed E-state index contributed by atoms with van der Waals surface area (Å²) in [6.07, 6.45) is -4.01. The van der Waals surface area contributed by atoms with E-state index < -0.39 is 11.9 Å². The molecular weight excluding hydrogens is 419 g/mol. The normalized spacial score (nSPS) is 12.2. The second-order valence-corrected chi connectivity index (χ2v) is 7.81. The van der Waals surface area contributed by atoms with E-state index in [9.17, 15) is 13.2 Å². The summed E-state index contributed by atoms with van der Waals surface area (Å²) in [5.41, 5.74) is 1.09. The van der Waals surface area contributed by atoms with Crippen LogP contribution in [0.4, 0.5) is 13.2 Å². The van der Waals surface area contributed by atoms with Crippen molar-refractivity contribution >= 4 is 28.6 Å². The number of aromatic nitrogens is 2. The van der Waals surface area contributed by atoms with E-state index in [1.54, 1.807) is 11.3 Å². The van der Waals surface area contributed by atoms with Gasteiger partial charge in [0.25, 0.3) is 0 Å². The number of hydrogen-bond donors (Lipinski definition) is 2. The first kappa shape index (κ1) is 21.3. The van der Waals surface area contributed by atoms with E-state index in [1.807, 2.05) is 42.6 Å². The molecule has 10 heteroatoms. The summed E-state index contributed by atoms with van der Waals surface area (Å²) in [5, 5.41) is 10.6. The van der Waals surface area contributed by atoms with Crippen molar-refractivity contribution in [2.24, 2.45) is 4.99 Å². The fourth-order valence-corrected chi connectivity index (χ4v) is 4.06. The summed E-state index contributed by atoms with van der Waals surface area (Å²) in [6, 6.07) is 9.94. The van der Waals surface area contributed by atoms with Crippen molar-refractivity contribution in [1.29, 1.82) is 0 Å². The van der Waals surface area contributed by atoms with Gasteiger partial charge in [0.1, 0.15) is 5.01 Å². The highest BCUT2D eigenvalue weighted by molar-refractivity contribution is 7.13. The highest BCUT2D eigenvalue weighted by atomic mass is 32.1. The van der Waals surface area contributed by atoms with Crippen LogP contribution in [0.15, 0.2) is 46.1 Å².